The van der Waals surface area contributed by atoms with E-state index in [1.807, 2.05) is 0 Å². The van der Waals surface area contributed by atoms with Crippen molar-refractivity contribution >= 4 is 37.5 Å². The number of benzene rings is 1. The van der Waals surface area contributed by atoms with Crippen molar-refractivity contribution in [3.8, 4) is 0 Å². The van der Waals surface area contributed by atoms with Gasteiger partial charge in [-0.3, -0.25) is 0 Å². The van der Waals surface area contributed by atoms with Crippen molar-refractivity contribution in [2.45, 2.75) is 12.8 Å². The zero-order valence-electron chi connectivity index (χ0n) is 9.10. The topological polar surface area (TPSA) is 24.1 Å². The number of hydrogen-bond donors (Lipinski definition) is 2. The van der Waals surface area contributed by atoms with Crippen LogP contribution in [-0.2, 0) is 0 Å². The Labute approximate surface area is 113 Å². The van der Waals surface area contributed by atoms with E-state index >= 15 is 0 Å². The van der Waals surface area contributed by atoms with Crippen molar-refractivity contribution in [1.82, 2.24) is 5.32 Å². The van der Waals surface area contributed by atoms with E-state index in [1.165, 1.54) is 18.5 Å². The molecule has 0 atom stereocenters. The SMILES string of the molecule is Brc1ccc(NCC2CCNCC2)c(Br)c1. The lowest BCUT2D eigenvalue weighted by Crippen LogP contribution is -2.31. The predicted molar refractivity (Wildman–Crippen MR) is 75.9 cm³/mol. The van der Waals surface area contributed by atoms with Gasteiger partial charge in [0.2, 0.25) is 0 Å². The van der Waals surface area contributed by atoms with Crippen LogP contribution in [0.5, 0.6) is 0 Å². The lowest BCUT2D eigenvalue weighted by atomic mass is 9.98. The second kappa shape index (κ2) is 6.03. The molecule has 16 heavy (non-hydrogen) atoms. The molecule has 2 nitrogen and oxygen atoms in total. The van der Waals surface area contributed by atoms with Crippen LogP contribution < -0.4 is 10.6 Å². The lowest BCUT2D eigenvalue weighted by molar-refractivity contribution is 0.390. The van der Waals surface area contributed by atoms with Crippen LogP contribution in [0, 0.1) is 5.92 Å². The van der Waals surface area contributed by atoms with E-state index in [1.54, 1.807) is 0 Å². The Morgan fingerprint density at radius 1 is 1.25 bits per heavy atom. The fraction of sp³-hybridized carbons (Fsp3) is 0.500. The Kier molecular flexibility index (Phi) is 4.67. The minimum atomic E-state index is 0.803. The summed E-state index contributed by atoms with van der Waals surface area (Å²) >= 11 is 7.03. The van der Waals surface area contributed by atoms with Crippen LogP contribution in [0.25, 0.3) is 0 Å². The summed E-state index contributed by atoms with van der Waals surface area (Å²) in [6.45, 7) is 3.39. The van der Waals surface area contributed by atoms with E-state index in [0.29, 0.717) is 0 Å². The molecule has 1 aromatic carbocycles. The third-order valence-corrected chi connectivity index (χ3v) is 4.12. The molecule has 0 bridgehead atoms. The van der Waals surface area contributed by atoms with Crippen molar-refractivity contribution in [2.75, 3.05) is 25.0 Å². The maximum absolute atomic E-state index is 3.57. The van der Waals surface area contributed by atoms with Gasteiger partial charge in [-0.25, -0.2) is 0 Å². The molecule has 0 aliphatic carbocycles. The molecule has 1 aliphatic rings. The van der Waals surface area contributed by atoms with E-state index < -0.39 is 0 Å². The smallest absolute Gasteiger partial charge is 0.0485 e. The minimum Gasteiger partial charge on any atom is -0.384 e. The Balaban J connectivity index is 1.88. The van der Waals surface area contributed by atoms with Gasteiger partial charge in [-0.1, -0.05) is 15.9 Å². The summed E-state index contributed by atoms with van der Waals surface area (Å²) in [7, 11) is 0. The fourth-order valence-corrected chi connectivity index (χ4v) is 3.16. The molecule has 0 amide bonds. The quantitative estimate of drug-likeness (QED) is 0.872. The third kappa shape index (κ3) is 3.47. The monoisotopic (exact) mass is 346 g/mol. The van der Waals surface area contributed by atoms with E-state index in [0.717, 1.165) is 34.5 Å². The zero-order chi connectivity index (χ0) is 11.4. The highest BCUT2D eigenvalue weighted by atomic mass is 79.9. The van der Waals surface area contributed by atoms with E-state index in [4.69, 9.17) is 0 Å². The minimum absolute atomic E-state index is 0.803. The van der Waals surface area contributed by atoms with Crippen molar-refractivity contribution in [3.63, 3.8) is 0 Å². The Bertz CT molecular complexity index is 349. The Morgan fingerprint density at radius 3 is 2.69 bits per heavy atom. The van der Waals surface area contributed by atoms with Gasteiger partial charge in [0.15, 0.2) is 0 Å². The largest absolute Gasteiger partial charge is 0.384 e. The number of nitrogens with one attached hydrogen (secondary N) is 2. The molecule has 0 radical (unpaired) electrons. The molecule has 1 heterocycles. The Morgan fingerprint density at radius 2 is 2.00 bits per heavy atom. The molecule has 0 unspecified atom stereocenters. The summed E-state index contributed by atoms with van der Waals surface area (Å²) in [4.78, 5) is 0. The number of piperidine rings is 1. The van der Waals surface area contributed by atoms with Gasteiger partial charge >= 0.3 is 0 Å². The summed E-state index contributed by atoms with van der Waals surface area (Å²) < 4.78 is 2.22. The number of anilines is 1. The third-order valence-electron chi connectivity index (χ3n) is 2.97. The van der Waals surface area contributed by atoms with Gasteiger partial charge in [0.25, 0.3) is 0 Å². The number of rotatable bonds is 3. The van der Waals surface area contributed by atoms with Crippen LogP contribution >= 0.6 is 31.9 Å². The average molecular weight is 348 g/mol. The summed E-state index contributed by atoms with van der Waals surface area (Å²) in [5.41, 5.74) is 1.18. The molecule has 1 aliphatic heterocycles. The summed E-state index contributed by atoms with van der Waals surface area (Å²) in [6.07, 6.45) is 2.56. The number of halogens is 2. The van der Waals surface area contributed by atoms with E-state index in [-0.39, 0.29) is 0 Å². The second-order valence-corrected chi connectivity index (χ2v) is 5.97. The van der Waals surface area contributed by atoms with Gasteiger partial charge in [-0.15, -0.1) is 0 Å². The molecular weight excluding hydrogens is 332 g/mol. The standard InChI is InChI=1S/C12H16Br2N2/c13-10-1-2-12(11(14)7-10)16-8-9-3-5-15-6-4-9/h1-2,7,9,15-16H,3-6,8H2. The van der Waals surface area contributed by atoms with Gasteiger partial charge in [0.05, 0.1) is 0 Å². The van der Waals surface area contributed by atoms with E-state index in [9.17, 15) is 0 Å². The molecule has 0 saturated carbocycles. The maximum atomic E-state index is 3.57. The molecule has 4 heteroatoms. The van der Waals surface area contributed by atoms with E-state index in [2.05, 4.69) is 60.7 Å². The van der Waals surface area contributed by atoms with Crippen LogP contribution in [0.3, 0.4) is 0 Å². The molecule has 1 saturated heterocycles. The van der Waals surface area contributed by atoms with Crippen molar-refractivity contribution in [1.29, 1.82) is 0 Å². The highest BCUT2D eigenvalue weighted by molar-refractivity contribution is 9.11. The highest BCUT2D eigenvalue weighted by Crippen LogP contribution is 2.26. The van der Waals surface area contributed by atoms with Crippen molar-refractivity contribution in [2.24, 2.45) is 5.92 Å². The summed E-state index contributed by atoms with van der Waals surface area (Å²) in [6, 6.07) is 6.25. The van der Waals surface area contributed by atoms with Crippen molar-refractivity contribution in [3.05, 3.63) is 27.1 Å². The zero-order valence-corrected chi connectivity index (χ0v) is 12.3. The first-order chi connectivity index (χ1) is 7.75. The fourth-order valence-electron chi connectivity index (χ4n) is 1.97. The van der Waals surface area contributed by atoms with Crippen LogP contribution in [0.15, 0.2) is 27.1 Å². The average Bonchev–Trinajstić information content (AvgIpc) is 2.29. The normalized spacial score (nSPS) is 17.4. The molecule has 2 N–H and O–H groups in total. The van der Waals surface area contributed by atoms with Crippen LogP contribution in [0.1, 0.15) is 12.8 Å². The second-order valence-electron chi connectivity index (χ2n) is 4.20. The molecule has 2 rings (SSSR count). The summed E-state index contributed by atoms with van der Waals surface area (Å²) in [5, 5.41) is 6.90. The molecule has 88 valence electrons. The molecular formula is C12H16Br2N2. The molecule has 0 aromatic heterocycles. The van der Waals surface area contributed by atoms with Gasteiger partial charge in [0, 0.05) is 21.2 Å². The highest BCUT2D eigenvalue weighted by Gasteiger charge is 2.12. The van der Waals surface area contributed by atoms with Crippen LogP contribution in [-0.4, -0.2) is 19.6 Å². The first-order valence-corrected chi connectivity index (χ1v) is 7.24. The first-order valence-electron chi connectivity index (χ1n) is 5.65. The van der Waals surface area contributed by atoms with Gasteiger partial charge in [0.1, 0.15) is 0 Å². The first kappa shape index (κ1) is 12.4. The van der Waals surface area contributed by atoms with Crippen LogP contribution in [0.2, 0.25) is 0 Å². The van der Waals surface area contributed by atoms with Gasteiger partial charge in [-0.05, 0) is 66.0 Å². The Hall–Kier alpha value is -0.0600. The lowest BCUT2D eigenvalue weighted by Gasteiger charge is -2.23. The predicted octanol–water partition coefficient (Wildman–Crippen LogP) is 3.62. The molecule has 1 aromatic rings. The molecule has 0 spiro atoms. The van der Waals surface area contributed by atoms with Crippen molar-refractivity contribution < 1.29 is 0 Å². The maximum Gasteiger partial charge on any atom is 0.0485 e. The van der Waals surface area contributed by atoms with Gasteiger partial charge in [-0.2, -0.15) is 0 Å². The number of hydrogen-bond acceptors (Lipinski definition) is 2. The van der Waals surface area contributed by atoms with Crippen LogP contribution in [0.4, 0.5) is 5.69 Å². The molecule has 1 fully saturated rings. The summed E-state index contributed by atoms with van der Waals surface area (Å²) in [5.74, 6) is 0.803. The van der Waals surface area contributed by atoms with Gasteiger partial charge < -0.3 is 10.6 Å².